The van der Waals surface area contributed by atoms with Gasteiger partial charge in [0.1, 0.15) is 17.2 Å². The van der Waals surface area contributed by atoms with Gasteiger partial charge in [-0.15, -0.1) is 0 Å². The first-order valence-electron chi connectivity index (χ1n) is 12.5. The largest absolute Gasteiger partial charge is 0.497 e. The molecule has 1 spiro atoms. The summed E-state index contributed by atoms with van der Waals surface area (Å²) in [6, 6.07) is 16.5. The Balaban J connectivity index is 1.79. The lowest BCUT2D eigenvalue weighted by atomic mass is 9.68. The van der Waals surface area contributed by atoms with E-state index in [0.29, 0.717) is 17.1 Å². The normalized spacial score (nSPS) is 29.8. The van der Waals surface area contributed by atoms with Crippen LogP contribution in [0, 0.1) is 5.92 Å². The molecular weight excluding hydrogens is 502 g/mol. The number of amides is 1. The second kappa shape index (κ2) is 8.31. The number of nitrogens with zero attached hydrogens (tertiary/aromatic N) is 3. The summed E-state index contributed by atoms with van der Waals surface area (Å²) in [5.74, 6) is -1.27. The van der Waals surface area contributed by atoms with Crippen molar-refractivity contribution in [3.05, 3.63) is 81.6 Å². The van der Waals surface area contributed by atoms with E-state index in [1.165, 1.54) is 12.0 Å². The van der Waals surface area contributed by atoms with Gasteiger partial charge in [0.05, 0.1) is 20.1 Å². The fourth-order valence-corrected chi connectivity index (χ4v) is 6.74. The fourth-order valence-electron chi connectivity index (χ4n) is 6.74. The molecule has 6 rings (SSSR count). The molecule has 0 radical (unpaired) electrons. The number of aromatic nitrogens is 2. The zero-order valence-electron chi connectivity index (χ0n) is 22.2. The summed E-state index contributed by atoms with van der Waals surface area (Å²) in [7, 11) is 6.20. The number of methoxy groups -OCH3 is 2. The first kappa shape index (κ1) is 24.9. The highest BCUT2D eigenvalue weighted by molar-refractivity contribution is 5.90. The second-order valence-electron chi connectivity index (χ2n) is 10.2. The Kier molecular flexibility index (Phi) is 5.31. The van der Waals surface area contributed by atoms with Crippen molar-refractivity contribution in [2.45, 2.75) is 29.7 Å². The SMILES string of the molecule is COc1ccc([C@@]23Oc4[nH]c(OC)nc(=O)c4[C@@]24NC(C)=N[C@@]4(O)[C@H](C(=O)N(C)C)[C@H]3c2ccccc2)cc1. The van der Waals surface area contributed by atoms with E-state index in [2.05, 4.69) is 20.3 Å². The van der Waals surface area contributed by atoms with Crippen LogP contribution in [0.4, 0.5) is 0 Å². The molecule has 39 heavy (non-hydrogen) atoms. The summed E-state index contributed by atoms with van der Waals surface area (Å²) in [6.45, 7) is 1.68. The van der Waals surface area contributed by atoms with Gasteiger partial charge >= 0.3 is 0 Å². The summed E-state index contributed by atoms with van der Waals surface area (Å²) < 4.78 is 17.5. The zero-order valence-corrected chi connectivity index (χ0v) is 22.2. The van der Waals surface area contributed by atoms with Crippen LogP contribution in [0.15, 0.2) is 64.4 Å². The van der Waals surface area contributed by atoms with Crippen molar-refractivity contribution in [2.75, 3.05) is 28.3 Å². The predicted molar refractivity (Wildman–Crippen MR) is 141 cm³/mol. The predicted octanol–water partition coefficient (Wildman–Crippen LogP) is 1.48. The van der Waals surface area contributed by atoms with Crippen LogP contribution < -0.4 is 25.1 Å². The molecule has 1 saturated carbocycles. The number of hydrogen-bond donors (Lipinski definition) is 3. The van der Waals surface area contributed by atoms with E-state index >= 15 is 0 Å². The van der Waals surface area contributed by atoms with Crippen LogP contribution in [-0.4, -0.2) is 65.8 Å². The second-order valence-corrected chi connectivity index (χ2v) is 10.2. The van der Waals surface area contributed by atoms with E-state index in [1.807, 2.05) is 42.5 Å². The number of hydrogen-bond acceptors (Lipinski definition) is 9. The van der Waals surface area contributed by atoms with Crippen molar-refractivity contribution in [3.63, 3.8) is 0 Å². The summed E-state index contributed by atoms with van der Waals surface area (Å²) >= 11 is 0. The standard InChI is InChI=1S/C28H29N5O6/c1-15-31-27-21-22(34)29-25(38-5)30-23(21)39-26(27,17-11-13-18(37-4)14-12-17)19(16-9-7-6-8-10-16)20(24(35)33(2)3)28(27,36)32-15/h6-14,19-20,36H,1-5H3,(H,31,32)(H,29,30,34)/t19-,20+,26+,27-,28-/m1/s1. The van der Waals surface area contributed by atoms with Crippen LogP contribution in [0.5, 0.6) is 17.6 Å². The summed E-state index contributed by atoms with van der Waals surface area (Å²) in [6.07, 6.45) is 0. The van der Waals surface area contributed by atoms with Gasteiger partial charge in [-0.25, -0.2) is 4.99 Å². The Bertz CT molecular complexity index is 1550. The average Bonchev–Trinajstić information content (AvgIpc) is 3.44. The van der Waals surface area contributed by atoms with Crippen molar-refractivity contribution >= 4 is 11.7 Å². The topological polar surface area (TPSA) is 138 Å². The minimum Gasteiger partial charge on any atom is -0.497 e. The molecule has 0 bridgehead atoms. The lowest BCUT2D eigenvalue weighted by molar-refractivity contribution is -0.144. The first-order valence-corrected chi connectivity index (χ1v) is 12.5. The number of ether oxygens (including phenoxy) is 3. The Morgan fingerprint density at radius 1 is 1.08 bits per heavy atom. The van der Waals surface area contributed by atoms with E-state index < -0.39 is 34.3 Å². The van der Waals surface area contributed by atoms with E-state index in [0.717, 1.165) is 5.56 Å². The van der Waals surface area contributed by atoms with Crippen LogP contribution >= 0.6 is 0 Å². The van der Waals surface area contributed by atoms with E-state index in [1.54, 1.807) is 40.3 Å². The third-order valence-corrected chi connectivity index (χ3v) is 8.10. The number of aromatic amines is 1. The maximum atomic E-state index is 14.1. The molecular formula is C28H29N5O6. The molecule has 1 amide bonds. The van der Waals surface area contributed by atoms with Gasteiger partial charge in [0, 0.05) is 20.0 Å². The van der Waals surface area contributed by atoms with Crippen LogP contribution in [0.2, 0.25) is 0 Å². The molecule has 0 unspecified atom stereocenters. The molecule has 1 aliphatic carbocycles. The molecule has 11 nitrogen and oxygen atoms in total. The Labute approximate surface area is 224 Å². The van der Waals surface area contributed by atoms with Gasteiger partial charge in [-0.3, -0.25) is 14.6 Å². The minimum atomic E-state index is -2.13. The van der Waals surface area contributed by atoms with Crippen molar-refractivity contribution in [1.29, 1.82) is 0 Å². The van der Waals surface area contributed by atoms with Gasteiger partial charge in [0.2, 0.25) is 17.5 Å². The van der Waals surface area contributed by atoms with Crippen LogP contribution in [0.1, 0.15) is 29.5 Å². The third-order valence-electron chi connectivity index (χ3n) is 8.10. The summed E-state index contributed by atoms with van der Waals surface area (Å²) in [4.78, 5) is 40.9. The highest BCUT2D eigenvalue weighted by atomic mass is 16.5. The maximum absolute atomic E-state index is 14.1. The molecule has 0 saturated heterocycles. The number of amidine groups is 1. The zero-order chi connectivity index (χ0) is 27.7. The lowest BCUT2D eigenvalue weighted by Crippen LogP contribution is -2.64. The smallest absolute Gasteiger partial charge is 0.299 e. The monoisotopic (exact) mass is 531 g/mol. The number of carbonyl (C=O) groups is 1. The van der Waals surface area contributed by atoms with Gasteiger partial charge in [-0.1, -0.05) is 42.5 Å². The molecule has 11 heteroatoms. The van der Waals surface area contributed by atoms with Gasteiger partial charge in [0.25, 0.3) is 11.6 Å². The van der Waals surface area contributed by atoms with Crippen molar-refractivity contribution in [2.24, 2.45) is 10.9 Å². The Morgan fingerprint density at radius 2 is 1.77 bits per heavy atom. The van der Waals surface area contributed by atoms with E-state index in [-0.39, 0.29) is 23.4 Å². The molecule has 202 valence electrons. The highest BCUT2D eigenvalue weighted by Gasteiger charge is 2.87. The van der Waals surface area contributed by atoms with Crippen molar-refractivity contribution in [1.82, 2.24) is 20.2 Å². The van der Waals surface area contributed by atoms with Crippen LogP contribution in [0.25, 0.3) is 0 Å². The molecule has 3 aliphatic rings. The average molecular weight is 532 g/mol. The van der Waals surface area contributed by atoms with Gasteiger partial charge < -0.3 is 29.5 Å². The molecule has 1 aromatic heterocycles. The molecule has 3 N–H and O–H groups in total. The number of aliphatic hydroxyl groups is 1. The number of rotatable bonds is 5. The third kappa shape index (κ3) is 2.96. The number of H-pyrrole nitrogens is 1. The lowest BCUT2D eigenvalue weighted by Gasteiger charge is -2.43. The highest BCUT2D eigenvalue weighted by Crippen LogP contribution is 2.72. The van der Waals surface area contributed by atoms with E-state index in [4.69, 9.17) is 14.2 Å². The molecule has 5 atom stereocenters. The molecule has 2 aromatic carbocycles. The van der Waals surface area contributed by atoms with Gasteiger partial charge in [-0.05, 0) is 30.2 Å². The van der Waals surface area contributed by atoms with Crippen LogP contribution in [0.3, 0.4) is 0 Å². The van der Waals surface area contributed by atoms with E-state index in [9.17, 15) is 14.7 Å². The van der Waals surface area contributed by atoms with Gasteiger partial charge in [-0.2, -0.15) is 4.98 Å². The molecule has 2 aliphatic heterocycles. The molecule has 3 heterocycles. The fraction of sp³-hybridized carbons (Fsp3) is 0.357. The Hall–Kier alpha value is -4.38. The number of fused-ring (bicyclic) bond motifs is 1. The summed E-state index contributed by atoms with van der Waals surface area (Å²) in [5, 5.41) is 16.1. The quantitative estimate of drug-likeness (QED) is 0.450. The van der Waals surface area contributed by atoms with Gasteiger partial charge in [0.15, 0.2) is 11.1 Å². The van der Waals surface area contributed by atoms with Crippen molar-refractivity contribution in [3.8, 4) is 17.6 Å². The summed E-state index contributed by atoms with van der Waals surface area (Å²) in [5.41, 5.74) is -4.70. The van der Waals surface area contributed by atoms with Crippen molar-refractivity contribution < 1.29 is 24.1 Å². The van der Waals surface area contributed by atoms with Crippen LogP contribution in [-0.2, 0) is 15.9 Å². The number of benzene rings is 2. The number of aliphatic imine (C=N–C) groups is 1. The number of carbonyl (C=O) groups excluding carboxylic acids is 1. The minimum absolute atomic E-state index is 0.0391. The maximum Gasteiger partial charge on any atom is 0.299 e. The number of nitrogens with one attached hydrogen (secondary N) is 2. The Morgan fingerprint density at radius 3 is 2.38 bits per heavy atom. The molecule has 3 aromatic rings. The first-order chi connectivity index (χ1) is 18.6. The molecule has 1 fully saturated rings.